The lowest BCUT2D eigenvalue weighted by Gasteiger charge is -2.47. The number of carbonyl (C=O) groups is 1. The monoisotopic (exact) mass is 351 g/mol. The molecule has 2 atom stereocenters. The van der Waals surface area contributed by atoms with Gasteiger partial charge in [-0.2, -0.15) is 0 Å². The van der Waals surface area contributed by atoms with Gasteiger partial charge in [0, 0.05) is 50.5 Å². The maximum absolute atomic E-state index is 11.4. The third kappa shape index (κ3) is 4.11. The molecule has 3 aliphatic rings. The molecule has 0 aromatic heterocycles. The van der Waals surface area contributed by atoms with E-state index in [1.807, 2.05) is 0 Å². The normalized spacial score (nSPS) is 33.1. The first-order valence-electron chi connectivity index (χ1n) is 9.77. The van der Waals surface area contributed by atoms with Gasteiger partial charge in [-0.15, -0.1) is 5.06 Å². The molecule has 3 saturated heterocycles. The number of allylic oxidation sites excluding steroid dienone is 1. The molecule has 0 bridgehead atoms. The van der Waals surface area contributed by atoms with Crippen molar-refractivity contribution in [2.24, 2.45) is 0 Å². The Kier molecular flexibility index (Phi) is 5.58. The van der Waals surface area contributed by atoms with Crippen LogP contribution in [-0.4, -0.2) is 59.4 Å². The molecular formula is C19H33N3O3. The number of nitrogens with zero attached hydrogens (tertiary/aromatic N) is 2. The fourth-order valence-electron chi connectivity index (χ4n) is 4.56. The van der Waals surface area contributed by atoms with Crippen molar-refractivity contribution in [3.63, 3.8) is 0 Å². The highest BCUT2D eigenvalue weighted by molar-refractivity contribution is 5.70. The van der Waals surface area contributed by atoms with Crippen molar-refractivity contribution in [3.05, 3.63) is 12.3 Å². The average molecular weight is 351 g/mol. The van der Waals surface area contributed by atoms with E-state index in [4.69, 9.17) is 9.57 Å². The number of amides is 1. The smallest absolute Gasteiger partial charge is 0.407 e. The Labute approximate surface area is 151 Å². The number of hydrogen-bond acceptors (Lipinski definition) is 5. The number of piperidine rings is 2. The lowest BCUT2D eigenvalue weighted by atomic mass is 9.87. The van der Waals surface area contributed by atoms with Gasteiger partial charge in [-0.25, -0.2) is 4.79 Å². The molecule has 2 unspecified atom stereocenters. The molecule has 1 spiro atoms. The highest BCUT2D eigenvalue weighted by Crippen LogP contribution is 2.34. The van der Waals surface area contributed by atoms with E-state index in [1.54, 1.807) is 0 Å². The highest BCUT2D eigenvalue weighted by Gasteiger charge is 2.45. The number of nitrogens with one attached hydrogen (secondary N) is 1. The molecule has 3 fully saturated rings. The molecule has 0 saturated carbocycles. The summed E-state index contributed by atoms with van der Waals surface area (Å²) in [5.41, 5.74) is -0.257. The van der Waals surface area contributed by atoms with Crippen LogP contribution in [0.5, 0.6) is 0 Å². The SMILES string of the molecule is C=C(CCC)ON1C(C)CC(N2CCC3(CC2)CNC(=O)O3)CC1C. The second-order valence-corrected chi connectivity index (χ2v) is 8.03. The van der Waals surface area contributed by atoms with Crippen LogP contribution in [0.3, 0.4) is 0 Å². The van der Waals surface area contributed by atoms with Crippen LogP contribution < -0.4 is 5.32 Å². The van der Waals surface area contributed by atoms with Crippen molar-refractivity contribution in [2.45, 2.75) is 83.0 Å². The Balaban J connectivity index is 1.52. The van der Waals surface area contributed by atoms with Crippen LogP contribution in [0.25, 0.3) is 0 Å². The molecule has 0 aromatic carbocycles. The van der Waals surface area contributed by atoms with Crippen molar-refractivity contribution in [2.75, 3.05) is 19.6 Å². The minimum atomic E-state index is -0.257. The van der Waals surface area contributed by atoms with Crippen LogP contribution in [-0.2, 0) is 9.57 Å². The second kappa shape index (κ2) is 7.54. The Morgan fingerprint density at radius 3 is 2.48 bits per heavy atom. The van der Waals surface area contributed by atoms with Crippen LogP contribution in [0.4, 0.5) is 4.79 Å². The number of carbonyl (C=O) groups excluding carboxylic acids is 1. The molecule has 3 rings (SSSR count). The molecule has 3 aliphatic heterocycles. The van der Waals surface area contributed by atoms with E-state index in [9.17, 15) is 4.79 Å². The molecule has 3 heterocycles. The lowest BCUT2D eigenvalue weighted by Crippen LogP contribution is -2.56. The maximum atomic E-state index is 11.4. The van der Waals surface area contributed by atoms with Gasteiger partial charge in [-0.05, 0) is 33.1 Å². The van der Waals surface area contributed by atoms with Gasteiger partial charge in [-0.3, -0.25) is 4.90 Å². The van der Waals surface area contributed by atoms with Gasteiger partial charge in [0.15, 0.2) is 0 Å². The Morgan fingerprint density at radius 2 is 1.96 bits per heavy atom. The molecule has 6 nitrogen and oxygen atoms in total. The minimum absolute atomic E-state index is 0.256. The van der Waals surface area contributed by atoms with Crippen molar-refractivity contribution in [1.82, 2.24) is 15.3 Å². The molecule has 1 N–H and O–H groups in total. The topological polar surface area (TPSA) is 54.0 Å². The van der Waals surface area contributed by atoms with Crippen LogP contribution in [0.2, 0.25) is 0 Å². The lowest BCUT2D eigenvalue weighted by molar-refractivity contribution is -0.200. The van der Waals surface area contributed by atoms with Crippen LogP contribution in [0, 0.1) is 0 Å². The first kappa shape index (κ1) is 18.5. The van der Waals surface area contributed by atoms with E-state index in [1.165, 1.54) is 0 Å². The number of ether oxygens (including phenoxy) is 1. The fraction of sp³-hybridized carbons (Fsp3) is 0.842. The summed E-state index contributed by atoms with van der Waals surface area (Å²) in [5.74, 6) is 0.870. The van der Waals surface area contributed by atoms with E-state index in [-0.39, 0.29) is 11.7 Å². The summed E-state index contributed by atoms with van der Waals surface area (Å²) in [6.07, 6.45) is 5.79. The molecule has 0 aliphatic carbocycles. The average Bonchev–Trinajstić information content (AvgIpc) is 2.92. The summed E-state index contributed by atoms with van der Waals surface area (Å²) in [7, 11) is 0. The minimum Gasteiger partial charge on any atom is -0.441 e. The predicted molar refractivity (Wildman–Crippen MR) is 96.9 cm³/mol. The van der Waals surface area contributed by atoms with E-state index in [2.05, 4.69) is 42.6 Å². The number of hydroxylamine groups is 2. The molecule has 0 aromatic rings. The van der Waals surface area contributed by atoms with Crippen molar-refractivity contribution < 1.29 is 14.4 Å². The third-order valence-corrected chi connectivity index (χ3v) is 5.95. The summed E-state index contributed by atoms with van der Waals surface area (Å²) in [5, 5.41) is 4.95. The first-order chi connectivity index (χ1) is 11.9. The number of rotatable bonds is 5. The summed E-state index contributed by atoms with van der Waals surface area (Å²) in [6, 6.07) is 1.33. The summed E-state index contributed by atoms with van der Waals surface area (Å²) in [6.45, 7) is 13.4. The molecule has 0 radical (unpaired) electrons. The Morgan fingerprint density at radius 1 is 1.32 bits per heavy atom. The zero-order chi connectivity index (χ0) is 18.0. The van der Waals surface area contributed by atoms with Gasteiger partial charge in [0.05, 0.1) is 6.54 Å². The van der Waals surface area contributed by atoms with Crippen molar-refractivity contribution >= 4 is 6.09 Å². The predicted octanol–water partition coefficient (Wildman–Crippen LogP) is 3.05. The molecule has 6 heteroatoms. The van der Waals surface area contributed by atoms with Gasteiger partial charge >= 0.3 is 6.09 Å². The molecular weight excluding hydrogens is 318 g/mol. The second-order valence-electron chi connectivity index (χ2n) is 8.03. The van der Waals surface area contributed by atoms with Gasteiger partial charge in [0.25, 0.3) is 0 Å². The number of hydrogen-bond donors (Lipinski definition) is 1. The van der Waals surface area contributed by atoms with Gasteiger partial charge in [0.1, 0.15) is 11.4 Å². The fourth-order valence-corrected chi connectivity index (χ4v) is 4.56. The number of likely N-dealkylation sites (tertiary alicyclic amines) is 1. The van der Waals surface area contributed by atoms with Gasteiger partial charge in [-0.1, -0.05) is 13.5 Å². The van der Waals surface area contributed by atoms with Crippen molar-refractivity contribution in [3.8, 4) is 0 Å². The van der Waals surface area contributed by atoms with E-state index >= 15 is 0 Å². The molecule has 1 amide bonds. The zero-order valence-corrected chi connectivity index (χ0v) is 15.9. The summed E-state index contributed by atoms with van der Waals surface area (Å²) in [4.78, 5) is 20.0. The van der Waals surface area contributed by atoms with Crippen molar-refractivity contribution in [1.29, 1.82) is 0 Å². The van der Waals surface area contributed by atoms with E-state index in [0.717, 1.165) is 57.4 Å². The largest absolute Gasteiger partial charge is 0.441 e. The van der Waals surface area contributed by atoms with Crippen LogP contribution in [0.1, 0.15) is 59.3 Å². The Bertz CT molecular complexity index is 490. The highest BCUT2D eigenvalue weighted by atomic mass is 16.7. The quantitative estimate of drug-likeness (QED) is 0.772. The standard InChI is InChI=1S/C19H33N3O3/c1-5-6-16(4)25-22-14(2)11-17(12-15(22)3)21-9-7-19(8-10-21)13-20-18(23)24-19/h14-15,17H,4-13H2,1-3H3,(H,20,23). The summed E-state index contributed by atoms with van der Waals surface area (Å²) < 4.78 is 5.54. The third-order valence-electron chi connectivity index (χ3n) is 5.95. The van der Waals surface area contributed by atoms with E-state index < -0.39 is 0 Å². The Hall–Kier alpha value is -1.27. The van der Waals surface area contributed by atoms with E-state index in [0.29, 0.717) is 24.7 Å². The summed E-state index contributed by atoms with van der Waals surface area (Å²) >= 11 is 0. The maximum Gasteiger partial charge on any atom is 0.407 e. The van der Waals surface area contributed by atoms with Gasteiger partial charge in [0.2, 0.25) is 0 Å². The number of alkyl carbamates (subject to hydrolysis) is 1. The van der Waals surface area contributed by atoms with Crippen LogP contribution >= 0.6 is 0 Å². The van der Waals surface area contributed by atoms with Crippen LogP contribution in [0.15, 0.2) is 12.3 Å². The van der Waals surface area contributed by atoms with Gasteiger partial charge < -0.3 is 14.9 Å². The zero-order valence-electron chi connectivity index (χ0n) is 15.9. The molecule has 25 heavy (non-hydrogen) atoms. The molecule has 142 valence electrons. The first-order valence-corrected chi connectivity index (χ1v) is 9.77.